The van der Waals surface area contributed by atoms with Crippen LogP contribution in [0.3, 0.4) is 0 Å². The molecular weight excluding hydrogens is 265 g/mol. The number of nitrogens with zero attached hydrogens (tertiary/aromatic N) is 1. The van der Waals surface area contributed by atoms with Crippen LogP contribution >= 0.6 is 0 Å². The predicted octanol–water partition coefficient (Wildman–Crippen LogP) is 4.40. The molecule has 0 saturated heterocycles. The van der Waals surface area contributed by atoms with Crippen LogP contribution in [0.15, 0.2) is 24.3 Å². The van der Waals surface area contributed by atoms with Crippen molar-refractivity contribution in [3.8, 4) is 0 Å². The van der Waals surface area contributed by atoms with Crippen LogP contribution in [0.1, 0.15) is 62.2 Å². The van der Waals surface area contributed by atoms with Gasteiger partial charge in [-0.15, -0.1) is 0 Å². The minimum atomic E-state index is -0.284. The average molecular weight is 289 g/mol. The fourth-order valence-corrected chi connectivity index (χ4v) is 3.56. The molecule has 0 aliphatic heterocycles. The summed E-state index contributed by atoms with van der Waals surface area (Å²) in [7, 11) is 0. The molecule has 0 aromatic heterocycles. The van der Waals surface area contributed by atoms with Gasteiger partial charge in [-0.3, -0.25) is 4.79 Å². The lowest BCUT2D eigenvalue weighted by Crippen LogP contribution is -2.43. The van der Waals surface area contributed by atoms with E-state index < -0.39 is 0 Å². The van der Waals surface area contributed by atoms with Crippen molar-refractivity contribution in [2.45, 2.75) is 64.0 Å². The van der Waals surface area contributed by atoms with E-state index in [1.807, 2.05) is 0 Å². The monoisotopic (exact) mass is 289 g/mol. The van der Waals surface area contributed by atoms with E-state index in [9.17, 15) is 9.18 Å². The van der Waals surface area contributed by atoms with E-state index >= 15 is 0 Å². The van der Waals surface area contributed by atoms with Crippen LogP contribution in [0.4, 0.5) is 4.39 Å². The molecule has 0 spiro atoms. The molecule has 2 aliphatic carbocycles. The maximum absolute atomic E-state index is 13.0. The molecule has 1 aromatic rings. The second kappa shape index (κ2) is 6.17. The van der Waals surface area contributed by atoms with Crippen LogP contribution in [0, 0.1) is 11.7 Å². The number of benzene rings is 1. The minimum absolute atomic E-state index is 0.0949. The molecule has 1 aromatic carbocycles. The van der Waals surface area contributed by atoms with Gasteiger partial charge in [0.2, 0.25) is 0 Å². The average Bonchev–Trinajstić information content (AvgIpc) is 3.33. The van der Waals surface area contributed by atoms with Crippen LogP contribution < -0.4 is 0 Å². The highest BCUT2D eigenvalue weighted by Crippen LogP contribution is 2.37. The Balaban J connectivity index is 1.72. The maximum atomic E-state index is 13.0. The number of hydrogen-bond donors (Lipinski definition) is 0. The van der Waals surface area contributed by atoms with Crippen LogP contribution in [-0.4, -0.2) is 22.9 Å². The summed E-state index contributed by atoms with van der Waals surface area (Å²) in [5, 5.41) is 0. The smallest absolute Gasteiger partial charge is 0.254 e. The van der Waals surface area contributed by atoms with Gasteiger partial charge in [-0.25, -0.2) is 4.39 Å². The zero-order chi connectivity index (χ0) is 14.8. The Bertz CT molecular complexity index is 486. The quantitative estimate of drug-likeness (QED) is 0.804. The van der Waals surface area contributed by atoms with Crippen LogP contribution in [0.5, 0.6) is 0 Å². The van der Waals surface area contributed by atoms with Gasteiger partial charge in [0, 0.05) is 17.6 Å². The Kier molecular flexibility index (Phi) is 4.27. The number of amides is 1. The highest BCUT2D eigenvalue weighted by Gasteiger charge is 2.38. The van der Waals surface area contributed by atoms with Gasteiger partial charge >= 0.3 is 0 Å². The summed E-state index contributed by atoms with van der Waals surface area (Å²) in [4.78, 5) is 14.9. The molecule has 2 fully saturated rings. The molecule has 1 amide bonds. The molecule has 0 heterocycles. The number of rotatable bonds is 4. The van der Waals surface area contributed by atoms with Gasteiger partial charge < -0.3 is 4.90 Å². The van der Waals surface area contributed by atoms with Gasteiger partial charge in [-0.05, 0) is 68.7 Å². The van der Waals surface area contributed by atoms with E-state index in [1.54, 1.807) is 12.1 Å². The molecule has 21 heavy (non-hydrogen) atoms. The van der Waals surface area contributed by atoms with Crippen molar-refractivity contribution in [2.75, 3.05) is 0 Å². The largest absolute Gasteiger partial charge is 0.333 e. The number of carbonyl (C=O) groups excluding carboxylic acids is 1. The number of carbonyl (C=O) groups is 1. The summed E-state index contributed by atoms with van der Waals surface area (Å²) < 4.78 is 13.0. The van der Waals surface area contributed by atoms with E-state index in [2.05, 4.69) is 11.8 Å². The van der Waals surface area contributed by atoms with Crippen molar-refractivity contribution in [1.29, 1.82) is 0 Å². The molecule has 0 atom stereocenters. The van der Waals surface area contributed by atoms with Gasteiger partial charge in [0.05, 0.1) is 0 Å². The molecule has 0 radical (unpaired) electrons. The molecular formula is C18H24FNO. The Labute approximate surface area is 126 Å². The third-order valence-electron chi connectivity index (χ3n) is 5.05. The fourth-order valence-electron chi connectivity index (χ4n) is 3.56. The summed E-state index contributed by atoms with van der Waals surface area (Å²) in [6, 6.07) is 6.80. The molecule has 2 aliphatic rings. The van der Waals surface area contributed by atoms with Crippen molar-refractivity contribution >= 4 is 5.91 Å². The Morgan fingerprint density at radius 2 is 1.57 bits per heavy atom. The van der Waals surface area contributed by atoms with Crippen molar-refractivity contribution < 1.29 is 9.18 Å². The lowest BCUT2D eigenvalue weighted by molar-refractivity contribution is 0.0587. The van der Waals surface area contributed by atoms with E-state index in [-0.39, 0.29) is 11.7 Å². The Morgan fingerprint density at radius 3 is 2.05 bits per heavy atom. The summed E-state index contributed by atoms with van der Waals surface area (Å²) in [5.41, 5.74) is 0.626. The highest BCUT2D eigenvalue weighted by atomic mass is 19.1. The second-order valence-corrected chi connectivity index (χ2v) is 6.53. The zero-order valence-corrected chi connectivity index (χ0v) is 12.7. The summed E-state index contributed by atoms with van der Waals surface area (Å²) >= 11 is 0. The first kappa shape index (κ1) is 14.6. The molecule has 3 rings (SSSR count). The fraction of sp³-hybridized carbons (Fsp3) is 0.611. The topological polar surface area (TPSA) is 20.3 Å². The Morgan fingerprint density at radius 1 is 1.05 bits per heavy atom. The molecule has 0 unspecified atom stereocenters. The zero-order valence-electron chi connectivity index (χ0n) is 12.7. The predicted molar refractivity (Wildman–Crippen MR) is 81.6 cm³/mol. The molecule has 0 bridgehead atoms. The number of hydrogen-bond acceptors (Lipinski definition) is 1. The van der Waals surface area contributed by atoms with E-state index in [4.69, 9.17) is 0 Å². The maximum Gasteiger partial charge on any atom is 0.254 e. The third-order valence-corrected chi connectivity index (χ3v) is 5.05. The third kappa shape index (κ3) is 3.28. The lowest BCUT2D eigenvalue weighted by atomic mass is 9.83. The first-order valence-corrected chi connectivity index (χ1v) is 8.27. The van der Waals surface area contributed by atoms with Gasteiger partial charge in [0.1, 0.15) is 5.82 Å². The van der Waals surface area contributed by atoms with Gasteiger partial charge in [-0.2, -0.15) is 0 Å². The summed E-state index contributed by atoms with van der Waals surface area (Å²) in [6.45, 7) is 2.26. The molecule has 2 nitrogen and oxygen atoms in total. The Hall–Kier alpha value is -1.38. The van der Waals surface area contributed by atoms with E-state index in [0.29, 0.717) is 17.6 Å². The van der Waals surface area contributed by atoms with E-state index in [0.717, 1.165) is 31.6 Å². The normalized spacial score (nSPS) is 25.6. The minimum Gasteiger partial charge on any atom is -0.333 e. The summed E-state index contributed by atoms with van der Waals surface area (Å²) in [6.07, 6.45) is 8.23. The van der Waals surface area contributed by atoms with Crippen molar-refractivity contribution in [2.24, 2.45) is 5.92 Å². The van der Waals surface area contributed by atoms with Crippen molar-refractivity contribution in [3.05, 3.63) is 35.6 Å². The molecule has 3 heteroatoms. The lowest BCUT2D eigenvalue weighted by Gasteiger charge is -2.37. The first-order valence-electron chi connectivity index (χ1n) is 8.27. The van der Waals surface area contributed by atoms with Crippen molar-refractivity contribution in [3.63, 3.8) is 0 Å². The van der Waals surface area contributed by atoms with Gasteiger partial charge in [-0.1, -0.05) is 13.3 Å². The van der Waals surface area contributed by atoms with E-state index in [1.165, 1.54) is 31.4 Å². The standard InChI is InChI=1S/C18H24FNO/c1-2-13-3-9-16(10-4-13)20(17-11-12-17)18(21)14-5-7-15(19)8-6-14/h5-8,13,16-17H,2-4,9-12H2,1H3. The molecule has 2 saturated carbocycles. The number of halogens is 1. The second-order valence-electron chi connectivity index (χ2n) is 6.53. The van der Waals surface area contributed by atoms with Crippen LogP contribution in [-0.2, 0) is 0 Å². The van der Waals surface area contributed by atoms with Gasteiger partial charge in [0.25, 0.3) is 5.91 Å². The van der Waals surface area contributed by atoms with Crippen LogP contribution in [0.25, 0.3) is 0 Å². The van der Waals surface area contributed by atoms with Crippen LogP contribution in [0.2, 0.25) is 0 Å². The molecule has 114 valence electrons. The highest BCUT2D eigenvalue weighted by molar-refractivity contribution is 5.94. The van der Waals surface area contributed by atoms with Crippen molar-refractivity contribution in [1.82, 2.24) is 4.90 Å². The van der Waals surface area contributed by atoms with Gasteiger partial charge in [0.15, 0.2) is 0 Å². The first-order chi connectivity index (χ1) is 10.2. The summed E-state index contributed by atoms with van der Waals surface area (Å²) in [5.74, 6) is 0.647. The molecule has 0 N–H and O–H groups in total. The SMILES string of the molecule is CCC1CCC(N(C(=O)c2ccc(F)cc2)C2CC2)CC1.